The maximum absolute atomic E-state index is 14.4. The fourth-order valence-electron chi connectivity index (χ4n) is 4.74. The van der Waals surface area contributed by atoms with E-state index in [1.54, 1.807) is 0 Å². The lowest BCUT2D eigenvalue weighted by Crippen LogP contribution is -2.35. The molecule has 15 heteroatoms. The van der Waals surface area contributed by atoms with Crippen LogP contribution in [0.5, 0.6) is 11.5 Å². The molecule has 1 aliphatic heterocycles. The van der Waals surface area contributed by atoms with Gasteiger partial charge in [0.2, 0.25) is 6.41 Å². The molecule has 2 unspecified atom stereocenters. The normalized spacial score (nSPS) is 14.6. The molecule has 1 aliphatic rings. The van der Waals surface area contributed by atoms with Crippen LogP contribution in [0.1, 0.15) is 45.4 Å². The zero-order chi connectivity index (χ0) is 32.9. The Labute approximate surface area is 251 Å². The lowest BCUT2D eigenvalue weighted by molar-refractivity contribution is -0.149. The van der Waals surface area contributed by atoms with Gasteiger partial charge in [-0.15, -0.1) is 0 Å². The number of pyridine rings is 2. The van der Waals surface area contributed by atoms with Gasteiger partial charge in [-0.3, -0.25) is 19.0 Å². The van der Waals surface area contributed by atoms with Crippen LogP contribution in [0.15, 0.2) is 54.7 Å². The van der Waals surface area contributed by atoms with Gasteiger partial charge in [-0.2, -0.15) is 13.2 Å². The van der Waals surface area contributed by atoms with Gasteiger partial charge in [0, 0.05) is 40.4 Å². The van der Waals surface area contributed by atoms with Gasteiger partial charge in [-0.25, -0.2) is 18.2 Å². The van der Waals surface area contributed by atoms with E-state index >= 15 is 0 Å². The van der Waals surface area contributed by atoms with Crippen molar-refractivity contribution in [3.05, 3.63) is 82.9 Å². The molecule has 0 bridgehead atoms. The van der Waals surface area contributed by atoms with Crippen molar-refractivity contribution in [2.24, 2.45) is 5.73 Å². The summed E-state index contributed by atoms with van der Waals surface area (Å²) in [4.78, 5) is 29.7. The number of primary amides is 1. The Morgan fingerprint density at radius 2 is 1.87 bits per heavy atom. The van der Waals surface area contributed by atoms with Crippen LogP contribution in [0.3, 0.4) is 0 Å². The third-order valence-electron chi connectivity index (χ3n) is 6.92. The summed E-state index contributed by atoms with van der Waals surface area (Å²) in [6.07, 6.45) is -6.51. The van der Waals surface area contributed by atoms with Crippen molar-refractivity contribution in [1.29, 1.82) is 0 Å². The number of carbonyl (C=O) groups excluding carboxylic acids is 2. The first-order valence-electron chi connectivity index (χ1n) is 13.2. The number of nitrogens with two attached hydrogens (primary N) is 1. The van der Waals surface area contributed by atoms with Gasteiger partial charge in [0.15, 0.2) is 0 Å². The number of benzene rings is 2. The van der Waals surface area contributed by atoms with Crippen LogP contribution in [-0.4, -0.2) is 55.4 Å². The molecule has 3 N–H and O–H groups in total. The van der Waals surface area contributed by atoms with Crippen molar-refractivity contribution >= 4 is 23.2 Å². The topological polar surface area (TPSA) is 116 Å². The summed E-state index contributed by atoms with van der Waals surface area (Å²) in [6.45, 7) is -1.95. The second kappa shape index (κ2) is 13.8. The number of methoxy groups -OCH3 is 1. The van der Waals surface area contributed by atoms with E-state index in [1.165, 1.54) is 31.4 Å². The highest BCUT2D eigenvalue weighted by Crippen LogP contribution is 2.44. The molecule has 5 rings (SSSR count). The Morgan fingerprint density at radius 1 is 1.18 bits per heavy atom. The fourth-order valence-corrected chi connectivity index (χ4v) is 4.74. The SMILES string of the molecule is COc1cc(C(=O)NCC(c2cc3c(c(-c4ccc(F)cc4)n2)OCC3CF)C(F)(F)F)cc2cc(C(F)F)cnc12.NC=O. The molecule has 4 aromatic rings. The van der Waals surface area contributed by atoms with Crippen molar-refractivity contribution in [3.63, 3.8) is 0 Å². The molecule has 0 saturated heterocycles. The number of amides is 2. The summed E-state index contributed by atoms with van der Waals surface area (Å²) in [5, 5.41) is 2.37. The molecular formula is C30H25F7N4O4. The first-order chi connectivity index (χ1) is 21.4. The van der Waals surface area contributed by atoms with Crippen molar-refractivity contribution in [3.8, 4) is 22.8 Å². The summed E-state index contributed by atoms with van der Waals surface area (Å²) >= 11 is 0. The molecule has 0 saturated carbocycles. The lowest BCUT2D eigenvalue weighted by atomic mass is 9.95. The van der Waals surface area contributed by atoms with E-state index in [9.17, 15) is 35.5 Å². The largest absolute Gasteiger partial charge is 0.494 e. The van der Waals surface area contributed by atoms with Gasteiger partial charge >= 0.3 is 6.18 Å². The van der Waals surface area contributed by atoms with Crippen molar-refractivity contribution in [2.75, 3.05) is 26.9 Å². The molecule has 2 aromatic heterocycles. The average molecular weight is 639 g/mol. The standard InChI is InChI=1S/C29H22F7N3O3.CH3NO/c1-41-23-8-16(6-15-7-17(27(32)33)11-37-24(15)23)28(40)38-12-21(29(34,35)36)22-9-20-18(10-30)13-42-26(20)25(39-22)14-2-4-19(31)5-3-14;2-1-3/h2-9,11,18,21,27H,10,12-13H2,1H3,(H,38,40);1H,(H2,2,3). The van der Waals surface area contributed by atoms with Gasteiger partial charge in [-0.05, 0) is 48.5 Å². The Kier molecular flexibility index (Phi) is 10.1. The van der Waals surface area contributed by atoms with Crippen LogP contribution in [0.2, 0.25) is 0 Å². The third kappa shape index (κ3) is 7.24. The zero-order valence-corrected chi connectivity index (χ0v) is 23.4. The summed E-state index contributed by atoms with van der Waals surface area (Å²) < 4.78 is 108. The Morgan fingerprint density at radius 3 is 2.47 bits per heavy atom. The molecular weight excluding hydrogens is 613 g/mol. The van der Waals surface area contributed by atoms with Gasteiger partial charge in [0.05, 0.1) is 32.0 Å². The number of nitrogens with one attached hydrogen (secondary N) is 1. The fraction of sp³-hybridized carbons (Fsp3) is 0.267. The molecule has 0 radical (unpaired) electrons. The number of hydrogen-bond donors (Lipinski definition) is 2. The maximum atomic E-state index is 14.4. The van der Waals surface area contributed by atoms with E-state index < -0.39 is 60.6 Å². The van der Waals surface area contributed by atoms with Crippen LogP contribution in [0.4, 0.5) is 30.7 Å². The maximum Gasteiger partial charge on any atom is 0.398 e. The molecule has 3 heterocycles. The number of hydrogen-bond acceptors (Lipinski definition) is 6. The predicted octanol–water partition coefficient (Wildman–Crippen LogP) is 6.01. The van der Waals surface area contributed by atoms with E-state index in [-0.39, 0.29) is 57.8 Å². The Balaban J connectivity index is 0.00000148. The Bertz CT molecular complexity index is 1680. The number of fused-ring (bicyclic) bond motifs is 2. The third-order valence-corrected chi connectivity index (χ3v) is 6.92. The molecule has 0 aliphatic carbocycles. The van der Waals surface area contributed by atoms with Crippen molar-refractivity contribution in [2.45, 2.75) is 24.4 Å². The van der Waals surface area contributed by atoms with E-state index in [4.69, 9.17) is 14.3 Å². The number of rotatable bonds is 8. The second-order valence-corrected chi connectivity index (χ2v) is 9.74. The number of aromatic nitrogens is 2. The molecule has 8 nitrogen and oxygen atoms in total. The minimum atomic E-state index is -4.89. The van der Waals surface area contributed by atoms with Crippen LogP contribution >= 0.6 is 0 Å². The number of ether oxygens (including phenoxy) is 2. The molecule has 45 heavy (non-hydrogen) atoms. The smallest absolute Gasteiger partial charge is 0.398 e. The van der Waals surface area contributed by atoms with Crippen molar-refractivity contribution in [1.82, 2.24) is 15.3 Å². The molecule has 2 aromatic carbocycles. The number of alkyl halides is 6. The number of halogens is 7. The van der Waals surface area contributed by atoms with Crippen molar-refractivity contribution < 1.29 is 49.8 Å². The summed E-state index contributed by atoms with van der Waals surface area (Å²) in [5.41, 5.74) is 3.74. The predicted molar refractivity (Wildman–Crippen MR) is 148 cm³/mol. The van der Waals surface area contributed by atoms with E-state index in [2.05, 4.69) is 21.0 Å². The molecule has 0 fully saturated rings. The van der Waals surface area contributed by atoms with E-state index in [0.29, 0.717) is 0 Å². The van der Waals surface area contributed by atoms with Gasteiger partial charge in [-0.1, -0.05) is 0 Å². The van der Waals surface area contributed by atoms with Crippen LogP contribution in [-0.2, 0) is 4.79 Å². The highest BCUT2D eigenvalue weighted by atomic mass is 19.4. The van der Waals surface area contributed by atoms with Crippen LogP contribution < -0.4 is 20.5 Å². The van der Waals surface area contributed by atoms with E-state index in [0.717, 1.165) is 30.5 Å². The molecule has 2 amide bonds. The average Bonchev–Trinajstić information content (AvgIpc) is 3.43. The molecule has 2 atom stereocenters. The number of carbonyl (C=O) groups is 2. The first-order valence-corrected chi connectivity index (χ1v) is 13.2. The molecule has 238 valence electrons. The highest BCUT2D eigenvalue weighted by molar-refractivity contribution is 6.00. The minimum absolute atomic E-state index is 0.0133. The summed E-state index contributed by atoms with van der Waals surface area (Å²) in [7, 11) is 1.27. The van der Waals surface area contributed by atoms with Gasteiger partial charge < -0.3 is 20.5 Å². The monoisotopic (exact) mass is 638 g/mol. The summed E-state index contributed by atoms with van der Waals surface area (Å²) in [5.74, 6) is -4.49. The summed E-state index contributed by atoms with van der Waals surface area (Å²) in [6, 6.07) is 9.53. The highest BCUT2D eigenvalue weighted by Gasteiger charge is 2.43. The Hall–Kier alpha value is -4.95. The zero-order valence-electron chi connectivity index (χ0n) is 23.4. The van der Waals surface area contributed by atoms with Gasteiger partial charge in [0.1, 0.15) is 34.4 Å². The number of nitrogens with zero attached hydrogens (tertiary/aromatic N) is 2. The van der Waals surface area contributed by atoms with Crippen LogP contribution in [0.25, 0.3) is 22.2 Å². The minimum Gasteiger partial charge on any atom is -0.494 e. The quantitative estimate of drug-likeness (QED) is 0.181. The first kappa shape index (κ1) is 33.0. The lowest BCUT2D eigenvalue weighted by Gasteiger charge is -2.22. The van der Waals surface area contributed by atoms with Crippen LogP contribution in [0, 0.1) is 5.82 Å². The second-order valence-electron chi connectivity index (χ2n) is 9.74. The van der Waals surface area contributed by atoms with Gasteiger partial charge in [0.25, 0.3) is 12.3 Å². The molecule has 0 spiro atoms. The van der Waals surface area contributed by atoms with E-state index in [1.807, 2.05) is 0 Å².